The Kier molecular flexibility index (Phi) is 1.54. The number of anilines is 1. The fraction of sp³-hybridized carbons (Fsp3) is 0.364. The van der Waals surface area contributed by atoms with Gasteiger partial charge in [-0.2, -0.15) is 0 Å². The van der Waals surface area contributed by atoms with Gasteiger partial charge in [-0.05, 0) is 18.1 Å². The fourth-order valence-electron chi connectivity index (χ4n) is 2.37. The lowest BCUT2D eigenvalue weighted by atomic mass is 10.0. The molecular formula is C11H12N2O. The van der Waals surface area contributed by atoms with Gasteiger partial charge < -0.3 is 10.2 Å². The number of amides is 1. The minimum atomic E-state index is 0.275. The molecule has 3 heteroatoms. The Morgan fingerprint density at radius 3 is 3.14 bits per heavy atom. The molecule has 1 fully saturated rings. The highest BCUT2D eigenvalue weighted by Crippen LogP contribution is 2.39. The highest BCUT2D eigenvalue weighted by Gasteiger charge is 2.35. The highest BCUT2D eigenvalue weighted by atomic mass is 16.2. The average Bonchev–Trinajstić information content (AvgIpc) is 2.61. The van der Waals surface area contributed by atoms with Gasteiger partial charge in [0.25, 0.3) is 0 Å². The Morgan fingerprint density at radius 2 is 2.21 bits per heavy atom. The number of rotatable bonds is 0. The van der Waals surface area contributed by atoms with Crippen LogP contribution in [0.2, 0.25) is 0 Å². The Labute approximate surface area is 82.7 Å². The average molecular weight is 188 g/mol. The highest BCUT2D eigenvalue weighted by molar-refractivity contribution is 5.80. The van der Waals surface area contributed by atoms with E-state index in [4.69, 9.17) is 0 Å². The van der Waals surface area contributed by atoms with Gasteiger partial charge >= 0.3 is 0 Å². The number of carbonyl (C=O) groups is 1. The number of hydrogen-bond acceptors (Lipinski definition) is 2. The number of nitrogens with zero attached hydrogens (tertiary/aromatic N) is 1. The molecule has 1 aromatic carbocycles. The van der Waals surface area contributed by atoms with Crippen LogP contribution in [0.5, 0.6) is 0 Å². The molecule has 1 amide bonds. The molecule has 0 aromatic heterocycles. The third-order valence-electron chi connectivity index (χ3n) is 3.09. The fourth-order valence-corrected chi connectivity index (χ4v) is 2.37. The molecule has 0 spiro atoms. The quantitative estimate of drug-likeness (QED) is 0.672. The molecule has 0 unspecified atom stereocenters. The predicted octanol–water partition coefficient (Wildman–Crippen LogP) is 1.73. The number of hydrogen-bond donors (Lipinski definition) is 1. The van der Waals surface area contributed by atoms with Crippen molar-refractivity contribution < 1.29 is 4.79 Å². The summed E-state index contributed by atoms with van der Waals surface area (Å²) in [5.41, 5.74) is 2.45. The van der Waals surface area contributed by atoms with E-state index in [9.17, 15) is 4.79 Å². The second kappa shape index (κ2) is 2.74. The number of fused-ring (bicyclic) bond motifs is 3. The lowest BCUT2D eigenvalue weighted by molar-refractivity contribution is -0.128. The lowest BCUT2D eigenvalue weighted by Crippen LogP contribution is -2.36. The molecule has 3 nitrogen and oxygen atoms in total. The molecule has 1 saturated heterocycles. The Bertz CT molecular complexity index is 389. The Balaban J connectivity index is 2.07. The third kappa shape index (κ3) is 0.953. The lowest BCUT2D eigenvalue weighted by Gasteiger charge is -2.32. The van der Waals surface area contributed by atoms with Gasteiger partial charge in [-0.15, -0.1) is 0 Å². The van der Waals surface area contributed by atoms with Crippen molar-refractivity contribution >= 4 is 11.6 Å². The summed E-state index contributed by atoms with van der Waals surface area (Å²) in [6.07, 6.45) is 1.66. The van der Waals surface area contributed by atoms with Crippen molar-refractivity contribution in [3.8, 4) is 0 Å². The van der Waals surface area contributed by atoms with Crippen molar-refractivity contribution in [1.82, 2.24) is 4.90 Å². The second-order valence-electron chi connectivity index (χ2n) is 3.84. The molecule has 0 bridgehead atoms. The maximum atomic E-state index is 11.5. The van der Waals surface area contributed by atoms with E-state index in [0.717, 1.165) is 6.42 Å². The van der Waals surface area contributed by atoms with Crippen LogP contribution in [0.3, 0.4) is 0 Å². The van der Waals surface area contributed by atoms with E-state index in [1.165, 1.54) is 11.3 Å². The summed E-state index contributed by atoms with van der Waals surface area (Å²) >= 11 is 0. The first-order valence-corrected chi connectivity index (χ1v) is 4.98. The van der Waals surface area contributed by atoms with E-state index in [1.807, 2.05) is 17.0 Å². The molecule has 0 aliphatic carbocycles. The van der Waals surface area contributed by atoms with E-state index in [1.54, 1.807) is 0 Å². The van der Waals surface area contributed by atoms with Gasteiger partial charge in [0.1, 0.15) is 0 Å². The third-order valence-corrected chi connectivity index (χ3v) is 3.09. The van der Waals surface area contributed by atoms with E-state index >= 15 is 0 Å². The zero-order valence-electron chi connectivity index (χ0n) is 7.86. The molecule has 0 saturated carbocycles. The molecule has 1 atom stereocenters. The van der Waals surface area contributed by atoms with E-state index in [-0.39, 0.29) is 5.91 Å². The van der Waals surface area contributed by atoms with Crippen molar-refractivity contribution in [2.24, 2.45) is 0 Å². The minimum absolute atomic E-state index is 0.275. The van der Waals surface area contributed by atoms with Crippen LogP contribution in [0.25, 0.3) is 0 Å². The first kappa shape index (κ1) is 7.85. The molecule has 2 aliphatic rings. The number of carbonyl (C=O) groups excluding carboxylic acids is 1. The van der Waals surface area contributed by atoms with Crippen molar-refractivity contribution in [2.45, 2.75) is 18.9 Å². The van der Waals surface area contributed by atoms with Gasteiger partial charge in [0.15, 0.2) is 0 Å². The van der Waals surface area contributed by atoms with Crippen LogP contribution in [0.4, 0.5) is 5.69 Å². The van der Waals surface area contributed by atoms with Crippen molar-refractivity contribution in [3.63, 3.8) is 0 Å². The second-order valence-corrected chi connectivity index (χ2v) is 3.84. The van der Waals surface area contributed by atoms with Gasteiger partial charge in [0, 0.05) is 12.1 Å². The first-order valence-electron chi connectivity index (χ1n) is 4.98. The normalized spacial score (nSPS) is 24.1. The summed E-state index contributed by atoms with van der Waals surface area (Å²) in [5.74, 6) is 0.275. The number of benzene rings is 1. The number of nitrogens with one attached hydrogen (secondary N) is 1. The van der Waals surface area contributed by atoms with Crippen LogP contribution < -0.4 is 5.32 Å². The van der Waals surface area contributed by atoms with Gasteiger partial charge in [-0.1, -0.05) is 18.2 Å². The summed E-state index contributed by atoms with van der Waals surface area (Å²) in [7, 11) is 0. The zero-order valence-corrected chi connectivity index (χ0v) is 7.86. The van der Waals surface area contributed by atoms with Crippen LogP contribution in [0, 0.1) is 0 Å². The van der Waals surface area contributed by atoms with Gasteiger partial charge in [0.2, 0.25) is 5.91 Å². The summed E-state index contributed by atoms with van der Waals surface area (Å²) in [6.45, 7) is 0.667. The van der Waals surface area contributed by atoms with Crippen molar-refractivity contribution in [2.75, 3.05) is 12.0 Å². The van der Waals surface area contributed by atoms with Crippen LogP contribution in [0.15, 0.2) is 24.3 Å². The molecule has 2 heterocycles. The van der Waals surface area contributed by atoms with Crippen LogP contribution in [0.1, 0.15) is 24.4 Å². The maximum Gasteiger partial charge on any atom is 0.224 e. The van der Waals surface area contributed by atoms with Crippen molar-refractivity contribution in [1.29, 1.82) is 0 Å². The largest absolute Gasteiger partial charge is 0.367 e. The standard InChI is InChI=1S/C11H12N2O/c14-11-6-5-10-8-3-1-2-4-9(8)12-7-13(10)11/h1-4,10,12H,5-7H2/t10-/m1/s1. The smallest absolute Gasteiger partial charge is 0.224 e. The summed E-state index contributed by atoms with van der Waals surface area (Å²) in [4.78, 5) is 13.4. The van der Waals surface area contributed by atoms with E-state index in [2.05, 4.69) is 17.4 Å². The van der Waals surface area contributed by atoms with Gasteiger partial charge in [0.05, 0.1) is 12.7 Å². The van der Waals surface area contributed by atoms with Crippen LogP contribution in [-0.4, -0.2) is 17.5 Å². The Morgan fingerprint density at radius 1 is 1.36 bits per heavy atom. The SMILES string of the molecule is O=C1CC[C@@H]2c3ccccc3NCN12. The van der Waals surface area contributed by atoms with Gasteiger partial charge in [-0.3, -0.25) is 4.79 Å². The molecule has 1 aromatic rings. The topological polar surface area (TPSA) is 32.3 Å². The summed E-state index contributed by atoms with van der Waals surface area (Å²) < 4.78 is 0. The monoisotopic (exact) mass is 188 g/mol. The summed E-state index contributed by atoms with van der Waals surface area (Å²) in [6, 6.07) is 8.57. The molecule has 1 N–H and O–H groups in total. The molecule has 2 aliphatic heterocycles. The Hall–Kier alpha value is -1.51. The maximum absolute atomic E-state index is 11.5. The zero-order chi connectivity index (χ0) is 9.54. The van der Waals surface area contributed by atoms with E-state index < -0.39 is 0 Å². The van der Waals surface area contributed by atoms with Gasteiger partial charge in [-0.25, -0.2) is 0 Å². The molecule has 14 heavy (non-hydrogen) atoms. The first-order chi connectivity index (χ1) is 6.86. The van der Waals surface area contributed by atoms with Crippen molar-refractivity contribution in [3.05, 3.63) is 29.8 Å². The molecule has 72 valence electrons. The molecular weight excluding hydrogens is 176 g/mol. The number of para-hydroxylation sites is 1. The predicted molar refractivity (Wildman–Crippen MR) is 53.8 cm³/mol. The minimum Gasteiger partial charge on any atom is -0.367 e. The molecule has 0 radical (unpaired) electrons. The van der Waals surface area contributed by atoms with E-state index in [0.29, 0.717) is 19.1 Å². The summed E-state index contributed by atoms with van der Waals surface area (Å²) in [5, 5.41) is 3.27. The van der Waals surface area contributed by atoms with Crippen LogP contribution >= 0.6 is 0 Å². The van der Waals surface area contributed by atoms with Crippen LogP contribution in [-0.2, 0) is 4.79 Å². The molecule has 3 rings (SSSR count).